The standard InChI is InChI=1S/C17H22N2O2/c1-2-12-8-9-14(10-12)17-18-16(21-19-17)11-15(20)13-6-4-3-5-7-13/h3-7,12,14-15,20H,2,8-11H2,1H3. The van der Waals surface area contributed by atoms with Gasteiger partial charge in [-0.15, -0.1) is 0 Å². The summed E-state index contributed by atoms with van der Waals surface area (Å²) in [5.74, 6) is 2.58. The maximum Gasteiger partial charge on any atom is 0.229 e. The largest absolute Gasteiger partial charge is 0.388 e. The van der Waals surface area contributed by atoms with Crippen molar-refractivity contribution in [1.29, 1.82) is 0 Å². The number of hydrogen-bond acceptors (Lipinski definition) is 4. The van der Waals surface area contributed by atoms with Gasteiger partial charge in [0.1, 0.15) is 0 Å². The van der Waals surface area contributed by atoms with Crippen LogP contribution in [0.4, 0.5) is 0 Å². The van der Waals surface area contributed by atoms with Gasteiger partial charge in [-0.3, -0.25) is 0 Å². The molecule has 0 radical (unpaired) electrons. The fraction of sp³-hybridized carbons (Fsp3) is 0.529. The summed E-state index contributed by atoms with van der Waals surface area (Å²) in [6.45, 7) is 2.24. The van der Waals surface area contributed by atoms with Gasteiger partial charge in [0.15, 0.2) is 5.82 Å². The third-order valence-electron chi connectivity index (χ3n) is 4.52. The average Bonchev–Trinajstić information content (AvgIpc) is 3.16. The molecule has 3 unspecified atom stereocenters. The number of rotatable bonds is 5. The second kappa shape index (κ2) is 6.39. The van der Waals surface area contributed by atoms with E-state index in [-0.39, 0.29) is 0 Å². The summed E-state index contributed by atoms with van der Waals surface area (Å²) in [6.07, 6.45) is 4.59. The maximum atomic E-state index is 10.2. The van der Waals surface area contributed by atoms with Crippen LogP contribution in [0.1, 0.15) is 61.9 Å². The van der Waals surface area contributed by atoms with Crippen LogP contribution >= 0.6 is 0 Å². The van der Waals surface area contributed by atoms with Crippen LogP contribution in [0.25, 0.3) is 0 Å². The van der Waals surface area contributed by atoms with Crippen molar-refractivity contribution in [3.8, 4) is 0 Å². The Kier molecular flexibility index (Phi) is 4.34. The maximum absolute atomic E-state index is 10.2. The van der Waals surface area contributed by atoms with Gasteiger partial charge in [0, 0.05) is 5.92 Å². The molecule has 0 aliphatic heterocycles. The van der Waals surface area contributed by atoms with Crippen LogP contribution in [0.3, 0.4) is 0 Å². The number of nitrogens with zero attached hydrogens (tertiary/aromatic N) is 2. The van der Waals surface area contributed by atoms with E-state index >= 15 is 0 Å². The van der Waals surface area contributed by atoms with Crippen molar-refractivity contribution in [2.24, 2.45) is 5.92 Å². The van der Waals surface area contributed by atoms with Crippen molar-refractivity contribution in [2.45, 2.75) is 51.0 Å². The molecule has 0 saturated heterocycles. The van der Waals surface area contributed by atoms with Crippen LogP contribution < -0.4 is 0 Å². The Morgan fingerprint density at radius 3 is 2.81 bits per heavy atom. The highest BCUT2D eigenvalue weighted by atomic mass is 16.5. The first-order valence-electron chi connectivity index (χ1n) is 7.81. The highest BCUT2D eigenvalue weighted by Crippen LogP contribution is 2.38. The molecule has 1 aromatic heterocycles. The van der Waals surface area contributed by atoms with Crippen molar-refractivity contribution in [3.05, 3.63) is 47.6 Å². The van der Waals surface area contributed by atoms with Crippen molar-refractivity contribution in [3.63, 3.8) is 0 Å². The summed E-state index contributed by atoms with van der Waals surface area (Å²) in [6, 6.07) is 9.59. The first-order chi connectivity index (χ1) is 10.3. The number of benzene rings is 1. The van der Waals surface area contributed by atoms with E-state index in [0.717, 1.165) is 30.1 Å². The van der Waals surface area contributed by atoms with Gasteiger partial charge >= 0.3 is 0 Å². The molecule has 4 heteroatoms. The lowest BCUT2D eigenvalue weighted by Gasteiger charge is -2.07. The van der Waals surface area contributed by atoms with E-state index in [1.807, 2.05) is 30.3 Å². The Hall–Kier alpha value is -1.68. The molecule has 3 rings (SSSR count). The highest BCUT2D eigenvalue weighted by Gasteiger charge is 2.28. The van der Waals surface area contributed by atoms with Gasteiger partial charge in [0.05, 0.1) is 12.5 Å². The minimum atomic E-state index is -0.591. The predicted molar refractivity (Wildman–Crippen MR) is 79.8 cm³/mol. The molecule has 21 heavy (non-hydrogen) atoms. The fourth-order valence-corrected chi connectivity index (χ4v) is 3.16. The number of hydrogen-bond donors (Lipinski definition) is 1. The zero-order valence-electron chi connectivity index (χ0n) is 12.4. The van der Waals surface area contributed by atoms with Crippen molar-refractivity contribution in [2.75, 3.05) is 0 Å². The SMILES string of the molecule is CCC1CCC(c2noc(CC(O)c3ccccc3)n2)C1. The quantitative estimate of drug-likeness (QED) is 0.911. The third kappa shape index (κ3) is 3.32. The molecule has 2 aromatic rings. The van der Waals surface area contributed by atoms with E-state index in [4.69, 9.17) is 4.52 Å². The summed E-state index contributed by atoms with van der Waals surface area (Å²) < 4.78 is 5.32. The average molecular weight is 286 g/mol. The van der Waals surface area contributed by atoms with E-state index in [9.17, 15) is 5.11 Å². The van der Waals surface area contributed by atoms with Gasteiger partial charge in [0.25, 0.3) is 0 Å². The van der Waals surface area contributed by atoms with Crippen LogP contribution in [-0.4, -0.2) is 15.2 Å². The Morgan fingerprint density at radius 2 is 2.10 bits per heavy atom. The molecule has 0 spiro atoms. The Balaban J connectivity index is 1.63. The topological polar surface area (TPSA) is 59.2 Å². The van der Waals surface area contributed by atoms with Crippen molar-refractivity contribution < 1.29 is 9.63 Å². The molecular formula is C17H22N2O2. The van der Waals surface area contributed by atoms with Crippen LogP contribution in [0.15, 0.2) is 34.9 Å². The Morgan fingerprint density at radius 1 is 1.29 bits per heavy atom. The first kappa shape index (κ1) is 14.3. The summed E-state index contributed by atoms with van der Waals surface area (Å²) in [5.41, 5.74) is 0.879. The van der Waals surface area contributed by atoms with Gasteiger partial charge in [-0.05, 0) is 30.7 Å². The Bertz CT molecular complexity index is 567. The van der Waals surface area contributed by atoms with Gasteiger partial charge in [-0.1, -0.05) is 48.8 Å². The Labute approximate surface area is 125 Å². The van der Waals surface area contributed by atoms with E-state index in [0.29, 0.717) is 18.2 Å². The third-order valence-corrected chi connectivity index (χ3v) is 4.52. The smallest absolute Gasteiger partial charge is 0.229 e. The molecule has 4 nitrogen and oxygen atoms in total. The van der Waals surface area contributed by atoms with Crippen molar-refractivity contribution in [1.82, 2.24) is 10.1 Å². The first-order valence-corrected chi connectivity index (χ1v) is 7.81. The second-order valence-corrected chi connectivity index (χ2v) is 5.96. The molecule has 1 saturated carbocycles. The molecule has 1 aliphatic carbocycles. The summed E-state index contributed by atoms with van der Waals surface area (Å²) in [7, 11) is 0. The van der Waals surface area contributed by atoms with E-state index < -0.39 is 6.10 Å². The van der Waals surface area contributed by atoms with E-state index in [2.05, 4.69) is 17.1 Å². The van der Waals surface area contributed by atoms with Crippen molar-refractivity contribution >= 4 is 0 Å². The lowest BCUT2D eigenvalue weighted by Crippen LogP contribution is -2.02. The zero-order valence-corrected chi connectivity index (χ0v) is 12.4. The molecule has 1 fully saturated rings. The minimum absolute atomic E-state index is 0.376. The minimum Gasteiger partial charge on any atom is -0.388 e. The fourth-order valence-electron chi connectivity index (χ4n) is 3.16. The molecule has 0 amide bonds. The van der Waals surface area contributed by atoms with Gasteiger partial charge in [0.2, 0.25) is 5.89 Å². The molecular weight excluding hydrogens is 264 g/mol. The van der Waals surface area contributed by atoms with Crippen LogP contribution in [-0.2, 0) is 6.42 Å². The number of aliphatic hydroxyl groups excluding tert-OH is 1. The number of aliphatic hydroxyl groups is 1. The van der Waals surface area contributed by atoms with Gasteiger partial charge < -0.3 is 9.63 Å². The van der Waals surface area contributed by atoms with Crippen LogP contribution in [0.5, 0.6) is 0 Å². The molecule has 1 aliphatic rings. The van der Waals surface area contributed by atoms with Crippen LogP contribution in [0, 0.1) is 5.92 Å². The molecule has 1 aromatic carbocycles. The predicted octanol–water partition coefficient (Wildman–Crippen LogP) is 3.64. The number of aromatic nitrogens is 2. The van der Waals surface area contributed by atoms with Gasteiger partial charge in [-0.2, -0.15) is 4.98 Å². The van der Waals surface area contributed by atoms with E-state index in [1.165, 1.54) is 12.8 Å². The normalized spacial score (nSPS) is 23.3. The molecule has 112 valence electrons. The summed E-state index contributed by atoms with van der Waals surface area (Å²) in [4.78, 5) is 4.49. The molecule has 1 N–H and O–H groups in total. The van der Waals surface area contributed by atoms with E-state index in [1.54, 1.807) is 0 Å². The molecule has 0 bridgehead atoms. The summed E-state index contributed by atoms with van der Waals surface area (Å²) in [5, 5.41) is 14.3. The zero-order chi connectivity index (χ0) is 14.7. The van der Waals surface area contributed by atoms with Gasteiger partial charge in [-0.25, -0.2) is 0 Å². The molecule has 1 heterocycles. The lowest BCUT2D eigenvalue weighted by atomic mass is 10.0. The summed E-state index contributed by atoms with van der Waals surface area (Å²) >= 11 is 0. The second-order valence-electron chi connectivity index (χ2n) is 5.96. The van der Waals surface area contributed by atoms with Crippen LogP contribution in [0.2, 0.25) is 0 Å². The molecule has 3 atom stereocenters. The highest BCUT2D eigenvalue weighted by molar-refractivity contribution is 5.18. The lowest BCUT2D eigenvalue weighted by molar-refractivity contribution is 0.164. The monoisotopic (exact) mass is 286 g/mol.